The molecule has 0 bridgehead atoms. The first-order valence-corrected chi connectivity index (χ1v) is 7.77. The molecular weight excluding hydrogens is 344 g/mol. The van der Waals surface area contributed by atoms with E-state index in [4.69, 9.17) is 29.5 Å². The topological polar surface area (TPSA) is 241 Å². The summed E-state index contributed by atoms with van der Waals surface area (Å²) in [5.74, 6) is -5.02. The lowest BCUT2D eigenvalue weighted by atomic mass is 9.96. The van der Waals surface area contributed by atoms with Gasteiger partial charge in [-0.3, -0.25) is 18.7 Å². The molecule has 0 radical (unpaired) electrons. The molecule has 0 spiro atoms. The van der Waals surface area contributed by atoms with Crippen LogP contribution < -0.4 is 0 Å². The summed E-state index contributed by atoms with van der Waals surface area (Å²) in [6.45, 7) is 0. The Labute approximate surface area is 116 Å². The molecule has 124 valence electrons. The molecule has 0 aromatic rings. The van der Waals surface area contributed by atoms with Crippen molar-refractivity contribution in [1.29, 1.82) is 0 Å². The first-order valence-electron chi connectivity index (χ1n) is 4.37. The van der Waals surface area contributed by atoms with Crippen LogP contribution in [0.3, 0.4) is 0 Å². The van der Waals surface area contributed by atoms with E-state index < -0.39 is 54.7 Å². The number of carboxylic acid groups (broad SMARTS) is 3. The molecule has 0 fully saturated rings. The van der Waals surface area contributed by atoms with Crippen molar-refractivity contribution >= 4 is 36.2 Å². The van der Waals surface area contributed by atoms with E-state index in [9.17, 15) is 31.2 Å². The largest absolute Gasteiger partial charge is 0.481 e. The molecular formula is C6H10O13S2. The van der Waals surface area contributed by atoms with Gasteiger partial charge < -0.3 is 20.4 Å². The summed E-state index contributed by atoms with van der Waals surface area (Å²) in [6, 6.07) is 0. The third-order valence-electron chi connectivity index (χ3n) is 1.55. The summed E-state index contributed by atoms with van der Waals surface area (Å²) in [5.41, 5.74) is -2.74. The van der Waals surface area contributed by atoms with Crippen LogP contribution in [0.2, 0.25) is 0 Å². The van der Waals surface area contributed by atoms with Crippen LogP contribution in [0.4, 0.5) is 0 Å². The third kappa shape index (κ3) is 8.87. The fourth-order valence-electron chi connectivity index (χ4n) is 0.714. The molecule has 0 amide bonds. The van der Waals surface area contributed by atoms with Gasteiger partial charge in [0, 0.05) is 0 Å². The van der Waals surface area contributed by atoms with E-state index in [2.05, 4.69) is 0 Å². The van der Waals surface area contributed by atoms with Crippen LogP contribution >= 0.6 is 0 Å². The normalized spacial score (nSPS) is 12.0. The van der Waals surface area contributed by atoms with Gasteiger partial charge in [0.25, 0.3) is 0 Å². The van der Waals surface area contributed by atoms with Gasteiger partial charge in [-0.25, -0.2) is 4.79 Å². The average Bonchev–Trinajstić information content (AvgIpc) is 2.11. The molecule has 0 aliphatic heterocycles. The van der Waals surface area contributed by atoms with Crippen molar-refractivity contribution in [2.75, 3.05) is 0 Å². The van der Waals surface area contributed by atoms with E-state index in [0.717, 1.165) is 0 Å². The van der Waals surface area contributed by atoms with Crippen LogP contribution in [-0.4, -0.2) is 69.9 Å². The molecule has 21 heavy (non-hydrogen) atoms. The zero-order valence-corrected chi connectivity index (χ0v) is 11.4. The smallest absolute Gasteiger partial charge is 0.397 e. The highest BCUT2D eigenvalue weighted by Crippen LogP contribution is 2.15. The molecule has 0 aliphatic rings. The second-order valence-electron chi connectivity index (χ2n) is 3.33. The lowest BCUT2D eigenvalue weighted by molar-refractivity contribution is -0.170. The Hall–Kier alpha value is -1.81. The Bertz CT molecular complexity index is 565. The van der Waals surface area contributed by atoms with Gasteiger partial charge in [0.15, 0.2) is 5.60 Å². The molecule has 0 aromatic heterocycles. The quantitative estimate of drug-likeness (QED) is 0.212. The fraction of sp³-hybridized carbons (Fsp3) is 0.500. The van der Waals surface area contributed by atoms with Crippen LogP contribution in [-0.2, 0) is 32.7 Å². The minimum absolute atomic E-state index is 1.14. The summed E-state index contributed by atoms with van der Waals surface area (Å²) in [4.78, 5) is 30.5. The lowest BCUT2D eigenvalue weighted by Crippen LogP contribution is -2.42. The summed E-state index contributed by atoms with van der Waals surface area (Å²) in [7, 11) is -10.6. The zero-order chi connectivity index (χ0) is 17.6. The molecule has 0 saturated carbocycles. The highest BCUT2D eigenvalue weighted by Gasteiger charge is 2.40. The van der Waals surface area contributed by atoms with Crippen molar-refractivity contribution in [1.82, 2.24) is 0 Å². The summed E-state index contributed by atoms with van der Waals surface area (Å²) >= 11 is 0. The van der Waals surface area contributed by atoms with Gasteiger partial charge in [0.1, 0.15) is 0 Å². The van der Waals surface area contributed by atoms with Crippen molar-refractivity contribution in [3.05, 3.63) is 0 Å². The molecule has 6 N–H and O–H groups in total. The molecule has 15 heteroatoms. The second kappa shape index (κ2) is 7.27. The van der Waals surface area contributed by atoms with Gasteiger partial charge in [0.2, 0.25) is 0 Å². The van der Waals surface area contributed by atoms with E-state index in [1.54, 1.807) is 0 Å². The summed E-state index contributed by atoms with van der Waals surface area (Å²) in [5, 5.41) is 33.8. The van der Waals surface area contributed by atoms with Gasteiger partial charge in [-0.1, -0.05) is 0 Å². The van der Waals surface area contributed by atoms with Gasteiger partial charge in [0.05, 0.1) is 12.8 Å². The lowest BCUT2D eigenvalue weighted by Gasteiger charge is -2.18. The molecule has 0 rings (SSSR count). The number of hydrogen-bond acceptors (Lipinski definition) is 8. The number of carbonyl (C=O) groups is 3. The minimum atomic E-state index is -5.31. The van der Waals surface area contributed by atoms with Gasteiger partial charge in [-0.2, -0.15) is 16.8 Å². The third-order valence-corrected chi connectivity index (χ3v) is 3.68. The predicted molar refractivity (Wildman–Crippen MR) is 60.2 cm³/mol. The maximum Gasteiger partial charge on any atom is 0.397 e. The van der Waals surface area contributed by atoms with Crippen LogP contribution in [0.5, 0.6) is 0 Å². The standard InChI is InChI=1S/C6H8O7.H2O6S2/c7-3(8)1-6(13,5(11)12)2-4(9)10;1-7(2,3)8(4,5)6/h13H,1-2H2,(H,7,8)(H,9,10)(H,11,12);(H,1,2,3)(H,4,5,6). The van der Waals surface area contributed by atoms with E-state index >= 15 is 0 Å². The maximum absolute atomic E-state index is 10.3. The Morgan fingerprint density at radius 2 is 1.00 bits per heavy atom. The van der Waals surface area contributed by atoms with Crippen molar-refractivity contribution in [3.8, 4) is 0 Å². The highest BCUT2D eigenvalue weighted by atomic mass is 33.2. The van der Waals surface area contributed by atoms with Gasteiger partial charge in [-0.15, -0.1) is 0 Å². The van der Waals surface area contributed by atoms with Gasteiger partial charge >= 0.3 is 36.2 Å². The van der Waals surface area contributed by atoms with Crippen molar-refractivity contribution in [2.45, 2.75) is 18.4 Å². The van der Waals surface area contributed by atoms with Crippen molar-refractivity contribution in [2.24, 2.45) is 0 Å². The first kappa shape index (κ1) is 21.5. The minimum Gasteiger partial charge on any atom is -0.481 e. The number of aliphatic hydroxyl groups is 1. The SMILES string of the molecule is O=C(O)CC(O)(CC(=O)O)C(=O)O.O=S(=O)(O)S(=O)(=O)O. The first-order chi connectivity index (χ1) is 9.03. The average molecular weight is 354 g/mol. The predicted octanol–water partition coefficient (Wildman–Crippen LogP) is -2.57. The van der Waals surface area contributed by atoms with Crippen molar-refractivity contribution in [3.63, 3.8) is 0 Å². The molecule has 13 nitrogen and oxygen atoms in total. The molecule has 0 aromatic carbocycles. The van der Waals surface area contributed by atoms with E-state index in [1.807, 2.05) is 0 Å². The van der Waals surface area contributed by atoms with Crippen LogP contribution in [0.1, 0.15) is 12.8 Å². The van der Waals surface area contributed by atoms with Crippen molar-refractivity contribution < 1.29 is 60.8 Å². The van der Waals surface area contributed by atoms with E-state index in [1.165, 1.54) is 0 Å². The van der Waals surface area contributed by atoms with Crippen LogP contribution in [0.25, 0.3) is 0 Å². The second-order valence-corrected chi connectivity index (χ2v) is 7.57. The van der Waals surface area contributed by atoms with E-state index in [-0.39, 0.29) is 0 Å². The monoisotopic (exact) mass is 354 g/mol. The van der Waals surface area contributed by atoms with E-state index in [0.29, 0.717) is 0 Å². The molecule has 0 heterocycles. The Morgan fingerprint density at radius 3 is 1.10 bits per heavy atom. The highest BCUT2D eigenvalue weighted by molar-refractivity contribution is 8.62. The zero-order valence-electron chi connectivity index (χ0n) is 9.77. The summed E-state index contributed by atoms with van der Waals surface area (Å²) < 4.78 is 52.5. The Balaban J connectivity index is 0. The summed E-state index contributed by atoms with van der Waals surface area (Å²) in [6.07, 6.45) is -2.29. The fourth-order valence-corrected chi connectivity index (χ4v) is 0.714. The Morgan fingerprint density at radius 1 is 0.762 bits per heavy atom. The van der Waals surface area contributed by atoms with Gasteiger partial charge in [-0.05, 0) is 0 Å². The molecule has 0 unspecified atom stereocenters. The Kier molecular flexibility index (Phi) is 7.44. The number of carboxylic acids is 3. The number of hydrogen-bond donors (Lipinski definition) is 6. The molecule has 0 saturated heterocycles. The van der Waals surface area contributed by atoms with Crippen LogP contribution in [0.15, 0.2) is 0 Å². The van der Waals surface area contributed by atoms with Crippen LogP contribution in [0, 0.1) is 0 Å². The number of rotatable bonds is 6. The number of aliphatic carboxylic acids is 3. The maximum atomic E-state index is 10.3. The molecule has 0 aliphatic carbocycles. The molecule has 0 atom stereocenters.